The fraction of sp³-hybridized carbons (Fsp3) is 0.360. The molecule has 4 nitrogen and oxygen atoms in total. The number of hydrogen-bond acceptors (Lipinski definition) is 2. The third-order valence-electron chi connectivity index (χ3n) is 5.77. The first-order chi connectivity index (χ1) is 14.3. The zero-order valence-corrected chi connectivity index (χ0v) is 19.1. The van der Waals surface area contributed by atoms with Crippen LogP contribution in [0.3, 0.4) is 0 Å². The van der Waals surface area contributed by atoms with E-state index in [9.17, 15) is 0 Å². The number of rotatable bonds is 4. The smallest absolute Gasteiger partial charge is 0.174 e. The van der Waals surface area contributed by atoms with Crippen molar-refractivity contribution in [3.05, 3.63) is 83.9 Å². The quantitative estimate of drug-likeness (QED) is 0.532. The molecule has 0 saturated carbocycles. The maximum absolute atomic E-state index is 5.82. The first-order valence-corrected chi connectivity index (χ1v) is 11.0. The van der Waals surface area contributed by atoms with E-state index in [1.165, 1.54) is 11.1 Å². The Bertz CT molecular complexity index is 1020. The van der Waals surface area contributed by atoms with Gasteiger partial charge in [-0.3, -0.25) is 4.98 Å². The minimum Gasteiger partial charge on any atom is -0.351 e. The lowest BCUT2D eigenvalue weighted by molar-refractivity contribution is 0.397. The van der Waals surface area contributed by atoms with E-state index in [0.29, 0.717) is 5.92 Å². The zero-order valence-electron chi connectivity index (χ0n) is 18.3. The second-order valence-electron chi connectivity index (χ2n) is 9.27. The lowest BCUT2D eigenvalue weighted by atomic mass is 9.98. The van der Waals surface area contributed by atoms with Gasteiger partial charge in [-0.2, -0.15) is 0 Å². The van der Waals surface area contributed by atoms with Crippen molar-refractivity contribution < 1.29 is 0 Å². The number of nitrogens with zero attached hydrogens (tertiary/aromatic N) is 3. The highest BCUT2D eigenvalue weighted by Gasteiger charge is 2.41. The minimum atomic E-state index is -0.0145. The Hall–Kier alpha value is -2.66. The van der Waals surface area contributed by atoms with Gasteiger partial charge in [-0.15, -0.1) is 0 Å². The molecule has 156 valence electrons. The zero-order chi connectivity index (χ0) is 21.5. The van der Waals surface area contributed by atoms with Gasteiger partial charge in [-0.05, 0) is 80.4 Å². The van der Waals surface area contributed by atoms with Gasteiger partial charge in [0.25, 0.3) is 0 Å². The standard InChI is InChI=1S/C25H30N4S/c1-17(2)18-9-11-20(12-10-18)29-23(19-13-15-28(16-19)25(3,4)5)22(27-24(29)30)21-8-6-7-14-26-21/h6-17,22-23H,1-5H3,(H,27,30)/t22-,23+/m1/s1. The van der Waals surface area contributed by atoms with Crippen molar-refractivity contribution in [2.45, 2.75) is 58.2 Å². The summed E-state index contributed by atoms with van der Waals surface area (Å²) in [5.41, 5.74) is 4.67. The van der Waals surface area contributed by atoms with E-state index < -0.39 is 0 Å². The molecule has 1 N–H and O–H groups in total. The molecule has 30 heavy (non-hydrogen) atoms. The van der Waals surface area contributed by atoms with Crippen LogP contribution in [0.2, 0.25) is 0 Å². The lowest BCUT2D eigenvalue weighted by Gasteiger charge is -2.28. The molecule has 0 unspecified atom stereocenters. The van der Waals surface area contributed by atoms with Crippen molar-refractivity contribution in [3.63, 3.8) is 0 Å². The van der Waals surface area contributed by atoms with Crippen LogP contribution in [0.15, 0.2) is 67.1 Å². The van der Waals surface area contributed by atoms with Crippen LogP contribution < -0.4 is 10.2 Å². The van der Waals surface area contributed by atoms with Crippen molar-refractivity contribution >= 4 is 23.0 Å². The van der Waals surface area contributed by atoms with Gasteiger partial charge in [0.1, 0.15) is 0 Å². The number of pyridine rings is 1. The van der Waals surface area contributed by atoms with Gasteiger partial charge in [0.05, 0.1) is 17.8 Å². The summed E-state index contributed by atoms with van der Waals surface area (Å²) in [5, 5.41) is 4.27. The molecule has 0 amide bonds. The number of aromatic nitrogens is 2. The summed E-state index contributed by atoms with van der Waals surface area (Å²) in [6.45, 7) is 11.1. The molecule has 3 aromatic rings. The van der Waals surface area contributed by atoms with Gasteiger partial charge >= 0.3 is 0 Å². The number of benzene rings is 1. The topological polar surface area (TPSA) is 33.1 Å². The molecule has 0 aliphatic carbocycles. The molecular formula is C25H30N4S. The van der Waals surface area contributed by atoms with Crippen molar-refractivity contribution in [3.8, 4) is 0 Å². The summed E-state index contributed by atoms with van der Waals surface area (Å²) >= 11 is 5.82. The van der Waals surface area contributed by atoms with Crippen molar-refractivity contribution in [2.24, 2.45) is 0 Å². The number of anilines is 1. The Labute approximate surface area is 184 Å². The number of thiocarbonyl (C=S) groups is 1. The highest BCUT2D eigenvalue weighted by molar-refractivity contribution is 7.80. The van der Waals surface area contributed by atoms with E-state index in [2.05, 4.69) is 103 Å². The average molecular weight is 419 g/mol. The molecule has 1 fully saturated rings. The molecule has 3 heterocycles. The normalized spacial score (nSPS) is 19.4. The van der Waals surface area contributed by atoms with Crippen molar-refractivity contribution in [1.29, 1.82) is 0 Å². The Kier molecular flexibility index (Phi) is 5.41. The molecule has 0 radical (unpaired) electrons. The summed E-state index contributed by atoms with van der Waals surface area (Å²) < 4.78 is 2.26. The van der Waals surface area contributed by atoms with Gasteiger partial charge in [0, 0.05) is 29.8 Å². The molecule has 0 bridgehead atoms. The summed E-state index contributed by atoms with van der Waals surface area (Å²) in [6, 6.07) is 17.0. The van der Waals surface area contributed by atoms with Gasteiger partial charge in [-0.25, -0.2) is 0 Å². The summed E-state index contributed by atoms with van der Waals surface area (Å²) in [7, 11) is 0. The summed E-state index contributed by atoms with van der Waals surface area (Å²) in [6.07, 6.45) is 6.25. The molecule has 2 aromatic heterocycles. The van der Waals surface area contributed by atoms with Crippen molar-refractivity contribution in [2.75, 3.05) is 4.90 Å². The molecule has 1 aliphatic heterocycles. The monoisotopic (exact) mass is 418 g/mol. The minimum absolute atomic E-state index is 0.0145. The van der Waals surface area contributed by atoms with Crippen LogP contribution in [0.25, 0.3) is 0 Å². The highest BCUT2D eigenvalue weighted by Crippen LogP contribution is 2.42. The van der Waals surface area contributed by atoms with Crippen LogP contribution >= 0.6 is 12.2 Å². The second kappa shape index (κ2) is 7.88. The second-order valence-corrected chi connectivity index (χ2v) is 9.65. The SMILES string of the molecule is CC(C)c1ccc(N2C(=S)N[C@H](c3ccccn3)[C@@H]2c2ccn(C(C)(C)C)c2)cc1. The van der Waals surface area contributed by atoms with Crippen LogP contribution in [0, 0.1) is 0 Å². The molecule has 1 aromatic carbocycles. The van der Waals surface area contributed by atoms with Crippen LogP contribution in [0.5, 0.6) is 0 Å². The largest absolute Gasteiger partial charge is 0.351 e. The average Bonchev–Trinajstić information content (AvgIpc) is 3.33. The fourth-order valence-corrected chi connectivity index (χ4v) is 4.34. The molecule has 4 rings (SSSR count). The van der Waals surface area contributed by atoms with Gasteiger partial charge in [-0.1, -0.05) is 32.0 Å². The van der Waals surface area contributed by atoms with E-state index in [-0.39, 0.29) is 17.6 Å². The number of hydrogen-bond donors (Lipinski definition) is 1. The molecule has 1 aliphatic rings. The van der Waals surface area contributed by atoms with E-state index in [0.717, 1.165) is 16.5 Å². The highest BCUT2D eigenvalue weighted by atomic mass is 32.1. The number of nitrogens with one attached hydrogen (secondary N) is 1. The maximum atomic E-state index is 5.82. The molecule has 1 saturated heterocycles. The predicted octanol–water partition coefficient (Wildman–Crippen LogP) is 5.94. The fourth-order valence-electron chi connectivity index (χ4n) is 4.00. The van der Waals surface area contributed by atoms with Crippen LogP contribution in [-0.4, -0.2) is 14.7 Å². The Morgan fingerprint density at radius 3 is 2.33 bits per heavy atom. The van der Waals surface area contributed by atoms with E-state index in [1.807, 2.05) is 18.3 Å². The predicted molar refractivity (Wildman–Crippen MR) is 128 cm³/mol. The van der Waals surface area contributed by atoms with Crippen molar-refractivity contribution in [1.82, 2.24) is 14.9 Å². The molecular weight excluding hydrogens is 388 g/mol. The van der Waals surface area contributed by atoms with Crippen LogP contribution in [0.1, 0.15) is 69.4 Å². The molecule has 5 heteroatoms. The van der Waals surface area contributed by atoms with Crippen LogP contribution in [0.4, 0.5) is 5.69 Å². The molecule has 2 atom stereocenters. The molecule has 0 spiro atoms. The Balaban J connectivity index is 1.79. The summed E-state index contributed by atoms with van der Waals surface area (Å²) in [5.74, 6) is 0.501. The Morgan fingerprint density at radius 2 is 1.77 bits per heavy atom. The first kappa shape index (κ1) is 20.6. The third kappa shape index (κ3) is 3.86. The third-order valence-corrected chi connectivity index (χ3v) is 6.08. The van der Waals surface area contributed by atoms with Crippen LogP contribution in [-0.2, 0) is 5.54 Å². The van der Waals surface area contributed by atoms with E-state index in [1.54, 1.807) is 0 Å². The first-order valence-electron chi connectivity index (χ1n) is 10.5. The Morgan fingerprint density at radius 1 is 1.03 bits per heavy atom. The summed E-state index contributed by atoms with van der Waals surface area (Å²) in [4.78, 5) is 6.87. The van der Waals surface area contributed by atoms with Gasteiger partial charge < -0.3 is 14.8 Å². The van der Waals surface area contributed by atoms with E-state index in [4.69, 9.17) is 12.2 Å². The lowest BCUT2D eigenvalue weighted by Crippen LogP contribution is -2.29. The maximum Gasteiger partial charge on any atom is 0.174 e. The van der Waals surface area contributed by atoms with Gasteiger partial charge in [0.15, 0.2) is 5.11 Å². The van der Waals surface area contributed by atoms with Gasteiger partial charge in [0.2, 0.25) is 0 Å². The van der Waals surface area contributed by atoms with E-state index >= 15 is 0 Å².